The normalized spacial score (nSPS) is 13.5. The zero-order valence-corrected chi connectivity index (χ0v) is 12.2. The van der Waals surface area contributed by atoms with Gasteiger partial charge < -0.3 is 5.32 Å². The highest BCUT2D eigenvalue weighted by molar-refractivity contribution is 6.21. The Labute approximate surface area is 132 Å². The molecule has 2 aromatic carbocycles. The Morgan fingerprint density at radius 3 is 2.39 bits per heavy atom. The maximum absolute atomic E-state index is 12.3. The second-order valence-corrected chi connectivity index (χ2v) is 5.33. The fraction of sp³-hybridized carbons (Fsp3) is 0.0556. The summed E-state index contributed by atoms with van der Waals surface area (Å²) in [7, 11) is 0. The molecule has 0 atom stereocenters. The molecule has 1 aliphatic heterocycles. The molecule has 2 amide bonds. The molecule has 0 saturated carbocycles. The number of imide groups is 1. The number of carbonyl (C=O) groups excluding carboxylic acids is 2. The van der Waals surface area contributed by atoms with E-state index in [2.05, 4.69) is 10.3 Å². The highest BCUT2D eigenvalue weighted by Gasteiger charge is 2.34. The number of nitrogens with zero attached hydrogens (tertiary/aromatic N) is 2. The molecule has 5 heteroatoms. The van der Waals surface area contributed by atoms with Crippen LogP contribution in [-0.2, 0) is 0 Å². The van der Waals surface area contributed by atoms with Crippen molar-refractivity contribution < 1.29 is 9.59 Å². The second kappa shape index (κ2) is 5.21. The van der Waals surface area contributed by atoms with Gasteiger partial charge in [0.15, 0.2) is 0 Å². The van der Waals surface area contributed by atoms with Crippen molar-refractivity contribution in [2.45, 2.75) is 0 Å². The van der Waals surface area contributed by atoms with Gasteiger partial charge in [0.25, 0.3) is 11.8 Å². The molecule has 1 aliphatic rings. The predicted molar refractivity (Wildman–Crippen MR) is 87.2 cm³/mol. The Hall–Kier alpha value is -3.21. The minimum absolute atomic E-state index is 0.137. The smallest absolute Gasteiger partial charge is 0.263 e. The van der Waals surface area contributed by atoms with Crippen molar-refractivity contribution in [2.75, 3.05) is 12.0 Å². The van der Waals surface area contributed by atoms with Crippen LogP contribution in [0.3, 0.4) is 0 Å². The summed E-state index contributed by atoms with van der Waals surface area (Å²) in [5.74, 6) is -0.527. The number of anilines is 1. The first-order valence-electron chi connectivity index (χ1n) is 7.28. The van der Waals surface area contributed by atoms with Crippen LogP contribution in [0.15, 0.2) is 60.8 Å². The number of nitrogens with one attached hydrogen (secondary N) is 1. The monoisotopic (exact) mass is 303 g/mol. The fourth-order valence-corrected chi connectivity index (χ4v) is 2.74. The highest BCUT2D eigenvalue weighted by Crippen LogP contribution is 2.23. The zero-order chi connectivity index (χ0) is 15.8. The summed E-state index contributed by atoms with van der Waals surface area (Å²) in [5, 5.41) is 4.13. The van der Waals surface area contributed by atoms with Gasteiger partial charge in [-0.2, -0.15) is 0 Å². The summed E-state index contributed by atoms with van der Waals surface area (Å²) in [6.45, 7) is 0.137. The molecule has 1 aromatic heterocycles. The Kier molecular flexibility index (Phi) is 3.05. The van der Waals surface area contributed by atoms with Crippen LogP contribution in [-0.4, -0.2) is 28.4 Å². The van der Waals surface area contributed by atoms with E-state index < -0.39 is 0 Å². The molecule has 112 valence electrons. The van der Waals surface area contributed by atoms with Crippen molar-refractivity contribution in [3.63, 3.8) is 0 Å². The van der Waals surface area contributed by atoms with Crippen LogP contribution in [0.2, 0.25) is 0 Å². The lowest BCUT2D eigenvalue weighted by Gasteiger charge is -2.15. The summed E-state index contributed by atoms with van der Waals surface area (Å²) < 4.78 is 0. The Morgan fingerprint density at radius 2 is 1.65 bits per heavy atom. The van der Waals surface area contributed by atoms with Crippen LogP contribution >= 0.6 is 0 Å². The van der Waals surface area contributed by atoms with Crippen molar-refractivity contribution in [3.05, 3.63) is 71.9 Å². The second-order valence-electron chi connectivity index (χ2n) is 5.33. The number of rotatable bonds is 3. The highest BCUT2D eigenvalue weighted by atomic mass is 16.2. The molecule has 5 nitrogen and oxygen atoms in total. The van der Waals surface area contributed by atoms with Gasteiger partial charge in [0, 0.05) is 17.3 Å². The third kappa shape index (κ3) is 2.23. The van der Waals surface area contributed by atoms with Gasteiger partial charge in [-0.05, 0) is 36.4 Å². The van der Waals surface area contributed by atoms with Crippen LogP contribution in [0.4, 0.5) is 5.69 Å². The number of fused-ring (bicyclic) bond motifs is 2. The van der Waals surface area contributed by atoms with Gasteiger partial charge in [-0.25, -0.2) is 0 Å². The number of benzene rings is 2. The topological polar surface area (TPSA) is 62.3 Å². The van der Waals surface area contributed by atoms with Gasteiger partial charge in [0.2, 0.25) is 0 Å². The molecule has 0 fully saturated rings. The molecular formula is C18H13N3O2. The Balaban J connectivity index is 1.55. The standard InChI is InChI=1S/C18H13N3O2/c22-17-14-5-1-2-6-15(14)18(23)21(17)11-20-13-7-8-16-12(10-13)4-3-9-19-16/h1-10,20H,11H2. The number of hydrogen-bond donors (Lipinski definition) is 1. The van der Waals surface area contributed by atoms with Gasteiger partial charge in [-0.15, -0.1) is 0 Å². The predicted octanol–water partition coefficient (Wildman–Crippen LogP) is 2.90. The molecule has 0 bridgehead atoms. The maximum Gasteiger partial charge on any atom is 0.263 e. The van der Waals surface area contributed by atoms with Crippen molar-refractivity contribution in [1.82, 2.24) is 9.88 Å². The van der Waals surface area contributed by atoms with Crippen LogP contribution in [0.1, 0.15) is 20.7 Å². The first-order valence-corrected chi connectivity index (χ1v) is 7.28. The lowest BCUT2D eigenvalue weighted by Crippen LogP contribution is -2.34. The van der Waals surface area contributed by atoms with Crippen molar-refractivity contribution in [2.24, 2.45) is 0 Å². The van der Waals surface area contributed by atoms with E-state index in [1.165, 1.54) is 4.90 Å². The van der Waals surface area contributed by atoms with E-state index in [1.54, 1.807) is 30.5 Å². The first-order chi connectivity index (χ1) is 11.2. The summed E-state index contributed by atoms with van der Waals surface area (Å²) >= 11 is 0. The SMILES string of the molecule is O=C1c2ccccc2C(=O)N1CNc1ccc2ncccc2c1. The van der Waals surface area contributed by atoms with Crippen molar-refractivity contribution in [3.8, 4) is 0 Å². The first kappa shape index (κ1) is 13.5. The third-order valence-electron chi connectivity index (χ3n) is 3.92. The number of hydrogen-bond acceptors (Lipinski definition) is 4. The van der Waals surface area contributed by atoms with Gasteiger partial charge in [-0.1, -0.05) is 18.2 Å². The molecule has 0 saturated heterocycles. The van der Waals surface area contributed by atoms with E-state index in [0.717, 1.165) is 16.6 Å². The van der Waals surface area contributed by atoms with E-state index in [4.69, 9.17) is 0 Å². The molecule has 0 spiro atoms. The fourth-order valence-electron chi connectivity index (χ4n) is 2.74. The molecule has 0 aliphatic carbocycles. The van der Waals surface area contributed by atoms with Gasteiger partial charge in [-0.3, -0.25) is 19.5 Å². The van der Waals surface area contributed by atoms with E-state index in [0.29, 0.717) is 11.1 Å². The largest absolute Gasteiger partial charge is 0.367 e. The number of aromatic nitrogens is 1. The average molecular weight is 303 g/mol. The summed E-state index contributed by atoms with van der Waals surface area (Å²) in [4.78, 5) is 30.1. The minimum Gasteiger partial charge on any atom is -0.367 e. The van der Waals surface area contributed by atoms with Crippen LogP contribution in [0.25, 0.3) is 10.9 Å². The van der Waals surface area contributed by atoms with Gasteiger partial charge in [0.05, 0.1) is 23.3 Å². The molecule has 1 N–H and O–H groups in total. The molecular weight excluding hydrogens is 290 g/mol. The van der Waals surface area contributed by atoms with Crippen molar-refractivity contribution >= 4 is 28.4 Å². The van der Waals surface area contributed by atoms with Crippen LogP contribution in [0, 0.1) is 0 Å². The Bertz CT molecular complexity index is 901. The molecule has 0 unspecified atom stereocenters. The van der Waals surface area contributed by atoms with Gasteiger partial charge >= 0.3 is 0 Å². The molecule has 2 heterocycles. The van der Waals surface area contributed by atoms with E-state index in [-0.39, 0.29) is 18.5 Å². The van der Waals surface area contributed by atoms with Crippen molar-refractivity contribution in [1.29, 1.82) is 0 Å². The molecule has 0 radical (unpaired) electrons. The Morgan fingerprint density at radius 1 is 0.913 bits per heavy atom. The third-order valence-corrected chi connectivity index (χ3v) is 3.92. The van der Waals surface area contributed by atoms with Crippen LogP contribution in [0.5, 0.6) is 0 Å². The number of amides is 2. The van der Waals surface area contributed by atoms with Gasteiger partial charge in [0.1, 0.15) is 0 Å². The number of pyridine rings is 1. The number of carbonyl (C=O) groups is 2. The van der Waals surface area contributed by atoms with E-state index >= 15 is 0 Å². The van der Waals surface area contributed by atoms with E-state index in [9.17, 15) is 9.59 Å². The zero-order valence-electron chi connectivity index (χ0n) is 12.2. The molecule has 23 heavy (non-hydrogen) atoms. The maximum atomic E-state index is 12.3. The molecule has 3 aromatic rings. The quantitative estimate of drug-likeness (QED) is 0.756. The lowest BCUT2D eigenvalue weighted by molar-refractivity contribution is 0.0666. The minimum atomic E-state index is -0.263. The summed E-state index contributed by atoms with van der Waals surface area (Å²) in [6.07, 6.45) is 1.74. The van der Waals surface area contributed by atoms with E-state index in [1.807, 2.05) is 30.3 Å². The average Bonchev–Trinajstić information content (AvgIpc) is 2.84. The summed E-state index contributed by atoms with van der Waals surface area (Å²) in [6, 6.07) is 16.4. The van der Waals surface area contributed by atoms with Crippen LogP contribution < -0.4 is 5.32 Å². The summed E-state index contributed by atoms with van der Waals surface area (Å²) in [5.41, 5.74) is 2.66. The lowest BCUT2D eigenvalue weighted by atomic mass is 10.1. The molecule has 4 rings (SSSR count).